The number of nitrogens with zero attached hydrogens (tertiary/aromatic N) is 3. The van der Waals surface area contributed by atoms with E-state index in [2.05, 4.69) is 20.8 Å². The van der Waals surface area contributed by atoms with Crippen molar-refractivity contribution in [2.24, 2.45) is 0 Å². The van der Waals surface area contributed by atoms with Gasteiger partial charge in [0.05, 0.1) is 19.0 Å². The zero-order valence-corrected chi connectivity index (χ0v) is 15.9. The van der Waals surface area contributed by atoms with Crippen LogP contribution < -0.4 is 25.9 Å². The van der Waals surface area contributed by atoms with Crippen LogP contribution >= 0.6 is 0 Å². The number of para-hydroxylation sites is 1. The van der Waals surface area contributed by atoms with Crippen LogP contribution in [-0.4, -0.2) is 50.4 Å². The summed E-state index contributed by atoms with van der Waals surface area (Å²) in [5.41, 5.74) is 0.445. The van der Waals surface area contributed by atoms with Crippen molar-refractivity contribution >= 4 is 28.4 Å². The van der Waals surface area contributed by atoms with Crippen LogP contribution in [-0.2, 0) is 0 Å². The summed E-state index contributed by atoms with van der Waals surface area (Å²) in [4.78, 5) is 26.4. The molecule has 0 saturated carbocycles. The number of hydrogen-bond acceptors (Lipinski definition) is 8. The lowest BCUT2D eigenvalue weighted by molar-refractivity contribution is 0.0951. The Morgan fingerprint density at radius 3 is 2.82 bits per heavy atom. The van der Waals surface area contributed by atoms with Crippen LogP contribution in [0.25, 0.3) is 11.0 Å². The van der Waals surface area contributed by atoms with Crippen LogP contribution in [0.1, 0.15) is 10.4 Å². The van der Waals surface area contributed by atoms with Gasteiger partial charge in [-0.3, -0.25) is 4.79 Å². The van der Waals surface area contributed by atoms with Crippen LogP contribution in [0.5, 0.6) is 5.75 Å². The topological polar surface area (TPSA) is 110 Å². The van der Waals surface area contributed by atoms with Crippen molar-refractivity contribution in [1.29, 1.82) is 0 Å². The third-order valence-electron chi connectivity index (χ3n) is 4.06. The molecule has 0 aliphatic heterocycles. The fraction of sp³-hybridized carbons (Fsp3) is 0.263. The lowest BCUT2D eigenvalue weighted by atomic mass is 10.1. The minimum Gasteiger partial charge on any atom is -0.493 e. The average Bonchev–Trinajstić information content (AvgIpc) is 2.70. The zero-order chi connectivity index (χ0) is 20.1. The van der Waals surface area contributed by atoms with Crippen LogP contribution in [0.2, 0.25) is 0 Å². The molecule has 2 N–H and O–H groups in total. The SMILES string of the molecule is COc1cccc2cc(C(=O)NCCNc3cc(N(C)C)cnn3)c(=O)oc12. The second-order valence-electron chi connectivity index (χ2n) is 6.20. The second kappa shape index (κ2) is 8.38. The highest BCUT2D eigenvalue weighted by Gasteiger charge is 2.15. The van der Waals surface area contributed by atoms with E-state index >= 15 is 0 Å². The lowest BCUT2D eigenvalue weighted by Gasteiger charge is -2.13. The molecule has 0 spiro atoms. The molecule has 3 aromatic rings. The summed E-state index contributed by atoms with van der Waals surface area (Å²) in [6, 6.07) is 8.54. The molecule has 1 aromatic carbocycles. The first kappa shape index (κ1) is 19.2. The van der Waals surface area contributed by atoms with E-state index in [1.807, 2.05) is 25.1 Å². The Morgan fingerprint density at radius 1 is 1.25 bits per heavy atom. The van der Waals surface area contributed by atoms with E-state index in [0.29, 0.717) is 35.6 Å². The van der Waals surface area contributed by atoms with Crippen molar-refractivity contribution in [2.75, 3.05) is 44.5 Å². The van der Waals surface area contributed by atoms with Gasteiger partial charge in [-0.25, -0.2) is 4.79 Å². The molecule has 146 valence electrons. The van der Waals surface area contributed by atoms with Crippen molar-refractivity contribution in [3.63, 3.8) is 0 Å². The molecule has 9 heteroatoms. The smallest absolute Gasteiger partial charge is 0.349 e. The van der Waals surface area contributed by atoms with E-state index in [-0.39, 0.29) is 5.56 Å². The summed E-state index contributed by atoms with van der Waals surface area (Å²) in [7, 11) is 5.30. The second-order valence-corrected chi connectivity index (χ2v) is 6.20. The van der Waals surface area contributed by atoms with E-state index < -0.39 is 11.5 Å². The Morgan fingerprint density at radius 2 is 2.07 bits per heavy atom. The fourth-order valence-electron chi connectivity index (χ4n) is 2.59. The molecule has 0 aliphatic rings. The molecular weight excluding hydrogens is 362 g/mol. The number of fused-ring (bicyclic) bond motifs is 1. The highest BCUT2D eigenvalue weighted by Crippen LogP contribution is 2.24. The van der Waals surface area contributed by atoms with Gasteiger partial charge in [0.1, 0.15) is 5.56 Å². The standard InChI is InChI=1S/C19H21N5O4/c1-24(2)13-10-16(23-22-11-13)20-7-8-21-18(25)14-9-12-5-4-6-15(27-3)17(12)28-19(14)26/h4-6,9-11H,7-8H2,1-3H3,(H,20,23)(H,21,25). The highest BCUT2D eigenvalue weighted by molar-refractivity contribution is 5.97. The third-order valence-corrected chi connectivity index (χ3v) is 4.06. The number of nitrogens with one attached hydrogen (secondary N) is 2. The van der Waals surface area contributed by atoms with Crippen molar-refractivity contribution in [1.82, 2.24) is 15.5 Å². The number of anilines is 2. The summed E-state index contributed by atoms with van der Waals surface area (Å²) < 4.78 is 10.4. The third kappa shape index (κ3) is 4.20. The fourth-order valence-corrected chi connectivity index (χ4v) is 2.59. The Labute approximate surface area is 161 Å². The van der Waals surface area contributed by atoms with Gasteiger partial charge in [-0.2, -0.15) is 5.10 Å². The maximum atomic E-state index is 12.4. The van der Waals surface area contributed by atoms with E-state index in [9.17, 15) is 9.59 Å². The van der Waals surface area contributed by atoms with Crippen LogP contribution in [0.15, 0.2) is 45.7 Å². The lowest BCUT2D eigenvalue weighted by Crippen LogP contribution is -2.32. The summed E-state index contributed by atoms with van der Waals surface area (Å²) in [5.74, 6) is 0.526. The van der Waals surface area contributed by atoms with Crippen LogP contribution in [0.4, 0.5) is 11.5 Å². The molecule has 0 unspecified atom stereocenters. The highest BCUT2D eigenvalue weighted by atomic mass is 16.5. The molecule has 1 amide bonds. The molecule has 2 heterocycles. The van der Waals surface area contributed by atoms with Crippen molar-refractivity contribution in [3.8, 4) is 5.75 Å². The first-order chi connectivity index (χ1) is 13.5. The molecule has 0 saturated heterocycles. The number of rotatable bonds is 7. The molecular formula is C19H21N5O4. The number of carbonyl (C=O) groups excluding carboxylic acids is 1. The first-order valence-corrected chi connectivity index (χ1v) is 8.62. The van der Waals surface area contributed by atoms with Crippen molar-refractivity contribution in [2.45, 2.75) is 0 Å². The normalized spacial score (nSPS) is 10.5. The van der Waals surface area contributed by atoms with Gasteiger partial charge in [-0.1, -0.05) is 12.1 Å². The van der Waals surface area contributed by atoms with Gasteiger partial charge in [0.2, 0.25) is 0 Å². The monoisotopic (exact) mass is 383 g/mol. The molecule has 9 nitrogen and oxygen atoms in total. The van der Waals surface area contributed by atoms with E-state index in [1.54, 1.807) is 24.4 Å². The Balaban J connectivity index is 1.63. The summed E-state index contributed by atoms with van der Waals surface area (Å²) in [5, 5.41) is 14.3. The van der Waals surface area contributed by atoms with Crippen molar-refractivity contribution in [3.05, 3.63) is 52.5 Å². The number of methoxy groups -OCH3 is 1. The van der Waals surface area contributed by atoms with Crippen LogP contribution in [0, 0.1) is 0 Å². The maximum Gasteiger partial charge on any atom is 0.349 e. The largest absolute Gasteiger partial charge is 0.493 e. The van der Waals surface area contributed by atoms with Gasteiger partial charge in [0, 0.05) is 38.6 Å². The van der Waals surface area contributed by atoms with Gasteiger partial charge in [0.15, 0.2) is 17.2 Å². The van der Waals surface area contributed by atoms with Gasteiger partial charge in [-0.05, 0) is 12.1 Å². The summed E-state index contributed by atoms with van der Waals surface area (Å²) in [6.07, 6.45) is 1.65. The van der Waals surface area contributed by atoms with E-state index in [0.717, 1.165) is 5.69 Å². The van der Waals surface area contributed by atoms with E-state index in [1.165, 1.54) is 13.2 Å². The Kier molecular flexibility index (Phi) is 5.73. The number of hydrogen-bond donors (Lipinski definition) is 2. The number of ether oxygens (including phenoxy) is 1. The van der Waals surface area contributed by atoms with Gasteiger partial charge in [0.25, 0.3) is 5.91 Å². The zero-order valence-electron chi connectivity index (χ0n) is 15.9. The van der Waals surface area contributed by atoms with Gasteiger partial charge >= 0.3 is 5.63 Å². The maximum absolute atomic E-state index is 12.4. The minimum absolute atomic E-state index is 0.0600. The number of aromatic nitrogens is 2. The Hall–Kier alpha value is -3.62. The quantitative estimate of drug-likeness (QED) is 0.467. The molecule has 0 radical (unpaired) electrons. The van der Waals surface area contributed by atoms with Gasteiger partial charge < -0.3 is 24.7 Å². The average molecular weight is 383 g/mol. The molecule has 28 heavy (non-hydrogen) atoms. The molecule has 2 aromatic heterocycles. The predicted octanol–water partition coefficient (Wildman–Crippen LogP) is 1.50. The number of carbonyl (C=O) groups is 1. The first-order valence-electron chi connectivity index (χ1n) is 8.62. The molecule has 3 rings (SSSR count). The number of benzene rings is 1. The summed E-state index contributed by atoms with van der Waals surface area (Å²) in [6.45, 7) is 0.715. The molecule has 0 atom stereocenters. The molecule has 0 aliphatic carbocycles. The predicted molar refractivity (Wildman–Crippen MR) is 106 cm³/mol. The number of amides is 1. The minimum atomic E-state index is -0.716. The van der Waals surface area contributed by atoms with Gasteiger partial charge in [-0.15, -0.1) is 5.10 Å². The molecule has 0 fully saturated rings. The van der Waals surface area contributed by atoms with Crippen LogP contribution in [0.3, 0.4) is 0 Å². The molecule has 0 bridgehead atoms. The van der Waals surface area contributed by atoms with Crippen molar-refractivity contribution < 1.29 is 13.9 Å². The Bertz CT molecular complexity index is 1050. The summed E-state index contributed by atoms with van der Waals surface area (Å²) >= 11 is 0. The van der Waals surface area contributed by atoms with E-state index in [4.69, 9.17) is 9.15 Å².